The van der Waals surface area contributed by atoms with Crippen LogP contribution in [0.1, 0.15) is 44.6 Å². The summed E-state index contributed by atoms with van der Waals surface area (Å²) in [5.74, 6) is -0.573. The van der Waals surface area contributed by atoms with E-state index in [2.05, 4.69) is 15.2 Å². The van der Waals surface area contributed by atoms with Gasteiger partial charge >= 0.3 is 6.18 Å². The Morgan fingerprint density at radius 1 is 1.29 bits per heavy atom. The third-order valence-corrected chi connectivity index (χ3v) is 5.38. The van der Waals surface area contributed by atoms with Crippen LogP contribution in [0.4, 0.5) is 13.2 Å². The highest BCUT2D eigenvalue weighted by molar-refractivity contribution is 7.99. The summed E-state index contributed by atoms with van der Waals surface area (Å²) in [7, 11) is 0. The third-order valence-electron chi connectivity index (χ3n) is 4.16. The maximum Gasteiger partial charge on any atom is 0.417 e. The van der Waals surface area contributed by atoms with E-state index in [1.54, 1.807) is 13.8 Å². The number of nitrogens with zero attached hydrogens (tertiary/aromatic N) is 3. The molecule has 0 bridgehead atoms. The van der Waals surface area contributed by atoms with Gasteiger partial charge in [-0.15, -0.1) is 10.2 Å². The molecule has 0 aliphatic heterocycles. The van der Waals surface area contributed by atoms with Crippen LogP contribution in [-0.4, -0.2) is 36.9 Å². The van der Waals surface area contributed by atoms with Crippen molar-refractivity contribution in [2.24, 2.45) is 0 Å². The van der Waals surface area contributed by atoms with Crippen molar-refractivity contribution in [2.75, 3.05) is 5.75 Å². The Hall–Kier alpha value is -2.33. The number of fused-ring (bicyclic) bond motifs is 1. The van der Waals surface area contributed by atoms with Crippen LogP contribution in [0.3, 0.4) is 0 Å². The summed E-state index contributed by atoms with van der Waals surface area (Å²) in [6.07, 6.45) is -3.74. The first-order chi connectivity index (χ1) is 13.0. The molecule has 3 rings (SSSR count). The number of hydrogen-bond acceptors (Lipinski definition) is 5. The summed E-state index contributed by atoms with van der Waals surface area (Å²) in [6, 6.07) is 0.777. The maximum atomic E-state index is 13.0. The molecule has 0 aliphatic carbocycles. The third kappa shape index (κ3) is 3.66. The number of carbonyl (C=O) groups is 2. The fourth-order valence-corrected chi connectivity index (χ4v) is 3.97. The van der Waals surface area contributed by atoms with E-state index in [1.165, 1.54) is 6.92 Å². The van der Waals surface area contributed by atoms with Gasteiger partial charge in [0.2, 0.25) is 0 Å². The van der Waals surface area contributed by atoms with E-state index < -0.39 is 11.7 Å². The van der Waals surface area contributed by atoms with Crippen molar-refractivity contribution in [1.82, 2.24) is 19.6 Å². The zero-order chi connectivity index (χ0) is 20.8. The Morgan fingerprint density at radius 3 is 2.54 bits per heavy atom. The Kier molecular flexibility index (Phi) is 5.28. The van der Waals surface area contributed by atoms with Crippen molar-refractivity contribution in [3.63, 3.8) is 0 Å². The fourth-order valence-electron chi connectivity index (χ4n) is 2.95. The van der Waals surface area contributed by atoms with E-state index in [9.17, 15) is 22.8 Å². The molecule has 0 aliphatic rings. The van der Waals surface area contributed by atoms with Crippen molar-refractivity contribution < 1.29 is 22.8 Å². The number of rotatable bonds is 5. The normalized spacial score (nSPS) is 12.0. The number of thioether (sulfide) groups is 1. The van der Waals surface area contributed by atoms with Crippen molar-refractivity contribution in [1.29, 1.82) is 0 Å². The summed E-state index contributed by atoms with van der Waals surface area (Å²) in [5.41, 5.74) is 1.01. The van der Waals surface area contributed by atoms with Crippen LogP contribution >= 0.6 is 23.4 Å². The van der Waals surface area contributed by atoms with Gasteiger partial charge < -0.3 is 4.98 Å². The van der Waals surface area contributed by atoms with Gasteiger partial charge in [0.15, 0.2) is 22.4 Å². The monoisotopic (exact) mass is 430 g/mol. The average molecular weight is 431 g/mol. The van der Waals surface area contributed by atoms with Crippen molar-refractivity contribution in [3.05, 3.63) is 45.4 Å². The number of aryl methyl sites for hydroxylation is 1. The molecule has 3 aromatic rings. The molecule has 0 amide bonds. The molecule has 0 saturated carbocycles. The van der Waals surface area contributed by atoms with Crippen LogP contribution in [0.25, 0.3) is 5.65 Å². The molecule has 28 heavy (non-hydrogen) atoms. The van der Waals surface area contributed by atoms with Gasteiger partial charge in [0.1, 0.15) is 0 Å². The quantitative estimate of drug-likeness (QED) is 0.475. The van der Waals surface area contributed by atoms with E-state index in [-0.39, 0.29) is 38.8 Å². The van der Waals surface area contributed by atoms with Gasteiger partial charge in [-0.3, -0.25) is 14.0 Å². The zero-order valence-electron chi connectivity index (χ0n) is 14.9. The predicted molar refractivity (Wildman–Crippen MR) is 98.3 cm³/mol. The second kappa shape index (κ2) is 7.25. The predicted octanol–water partition coefficient (Wildman–Crippen LogP) is 4.52. The number of Topliss-reactive ketones (excluding diaryl/α,β-unsaturated/α-hetero) is 2. The minimum Gasteiger partial charge on any atom is -0.355 e. The number of pyridine rings is 1. The fraction of sp³-hybridized carbons (Fsp3) is 0.294. The molecule has 1 N–H and O–H groups in total. The molecule has 148 valence electrons. The molecule has 11 heteroatoms. The Morgan fingerprint density at radius 2 is 1.96 bits per heavy atom. The summed E-state index contributed by atoms with van der Waals surface area (Å²) in [5, 5.41) is 7.51. The highest BCUT2D eigenvalue weighted by atomic mass is 35.5. The lowest BCUT2D eigenvalue weighted by Gasteiger charge is -2.08. The van der Waals surface area contributed by atoms with Gasteiger partial charge in [0.25, 0.3) is 0 Å². The van der Waals surface area contributed by atoms with Crippen molar-refractivity contribution in [3.8, 4) is 0 Å². The van der Waals surface area contributed by atoms with Crippen molar-refractivity contribution >= 4 is 40.6 Å². The summed E-state index contributed by atoms with van der Waals surface area (Å²) in [4.78, 5) is 27.2. The standard InChI is InChI=1S/C17H14ClF3N4O2S/c1-7-13(9(3)26)8(2)22-14(7)12(27)6-28-16-24-23-15-11(18)4-10(5-25(15)16)17(19,20)21/h4-5,22H,6H2,1-3H3. The molecule has 0 atom stereocenters. The number of alkyl halides is 3. The van der Waals surface area contributed by atoms with Gasteiger partial charge in [-0.2, -0.15) is 13.2 Å². The number of halogens is 4. The van der Waals surface area contributed by atoms with Crippen LogP contribution in [0.15, 0.2) is 17.4 Å². The van der Waals surface area contributed by atoms with Crippen LogP contribution in [0.2, 0.25) is 5.02 Å². The van der Waals surface area contributed by atoms with E-state index in [4.69, 9.17) is 11.6 Å². The lowest BCUT2D eigenvalue weighted by atomic mass is 10.1. The van der Waals surface area contributed by atoms with E-state index in [0.717, 1.165) is 28.4 Å². The molecule has 0 unspecified atom stereocenters. The molecule has 0 aromatic carbocycles. The Labute approximate surface area is 166 Å². The highest BCUT2D eigenvalue weighted by Crippen LogP contribution is 2.33. The first kappa shape index (κ1) is 20.4. The number of H-pyrrole nitrogens is 1. The molecule has 0 radical (unpaired) electrons. The summed E-state index contributed by atoms with van der Waals surface area (Å²) < 4.78 is 40.1. The number of nitrogens with one attached hydrogen (secondary N) is 1. The zero-order valence-corrected chi connectivity index (χ0v) is 16.5. The van der Waals surface area contributed by atoms with Crippen LogP contribution in [-0.2, 0) is 6.18 Å². The molecule has 6 nitrogen and oxygen atoms in total. The van der Waals surface area contributed by atoms with Crippen LogP contribution in [0, 0.1) is 13.8 Å². The first-order valence-electron chi connectivity index (χ1n) is 7.98. The smallest absolute Gasteiger partial charge is 0.355 e. The molecule has 0 fully saturated rings. The summed E-state index contributed by atoms with van der Waals surface area (Å²) >= 11 is 6.80. The van der Waals surface area contributed by atoms with Gasteiger partial charge in [-0.05, 0) is 32.4 Å². The van der Waals surface area contributed by atoms with Crippen molar-refractivity contribution in [2.45, 2.75) is 32.1 Å². The minimum atomic E-state index is -4.58. The van der Waals surface area contributed by atoms with Crippen LogP contribution < -0.4 is 0 Å². The molecule has 3 heterocycles. The SMILES string of the molecule is CC(=O)c1c(C)[nH]c(C(=O)CSc2nnc3c(Cl)cc(C(F)(F)F)cn23)c1C. The van der Waals surface area contributed by atoms with E-state index in [0.29, 0.717) is 16.8 Å². The number of ketones is 2. The molecular formula is C17H14ClF3N4O2S. The second-order valence-electron chi connectivity index (χ2n) is 6.14. The molecule has 3 aromatic heterocycles. The molecule has 0 saturated heterocycles. The lowest BCUT2D eigenvalue weighted by Crippen LogP contribution is -2.08. The number of aromatic amines is 1. The topological polar surface area (TPSA) is 80.1 Å². The number of hydrogen-bond donors (Lipinski definition) is 1. The molecular weight excluding hydrogens is 417 g/mol. The Bertz CT molecular complexity index is 1100. The van der Waals surface area contributed by atoms with Gasteiger partial charge in [-0.25, -0.2) is 0 Å². The average Bonchev–Trinajstić information content (AvgIpc) is 3.12. The van der Waals surface area contributed by atoms with E-state index >= 15 is 0 Å². The van der Waals surface area contributed by atoms with Crippen LogP contribution in [0.5, 0.6) is 0 Å². The van der Waals surface area contributed by atoms with Gasteiger partial charge in [0, 0.05) is 17.5 Å². The highest BCUT2D eigenvalue weighted by Gasteiger charge is 2.32. The first-order valence-corrected chi connectivity index (χ1v) is 9.34. The van der Waals surface area contributed by atoms with Gasteiger partial charge in [0.05, 0.1) is 22.0 Å². The second-order valence-corrected chi connectivity index (χ2v) is 7.49. The summed E-state index contributed by atoms with van der Waals surface area (Å²) in [6.45, 7) is 4.77. The van der Waals surface area contributed by atoms with E-state index in [1.807, 2.05) is 0 Å². The minimum absolute atomic E-state index is 0.0652. The maximum absolute atomic E-state index is 13.0. The molecule has 0 spiro atoms. The van der Waals surface area contributed by atoms with Gasteiger partial charge in [-0.1, -0.05) is 23.4 Å². The Balaban J connectivity index is 1.88. The number of carbonyl (C=O) groups excluding carboxylic acids is 2. The lowest BCUT2D eigenvalue weighted by molar-refractivity contribution is -0.137. The number of aromatic nitrogens is 4. The largest absolute Gasteiger partial charge is 0.417 e.